The number of nitrogens with one attached hydrogen (secondary N) is 1. The molecule has 0 aromatic heterocycles. The number of benzene rings is 2. The van der Waals surface area contributed by atoms with Crippen molar-refractivity contribution in [3.63, 3.8) is 0 Å². The van der Waals surface area contributed by atoms with Gasteiger partial charge in [0, 0.05) is 0 Å². The molecule has 0 spiro atoms. The molecule has 1 N–H and O–H groups in total. The second-order valence-corrected chi connectivity index (χ2v) is 5.20. The van der Waals surface area contributed by atoms with E-state index in [2.05, 4.69) is 5.32 Å². The molecule has 0 aliphatic rings. The molecule has 1 amide bonds. The zero-order valence-electron chi connectivity index (χ0n) is 12.1. The first-order chi connectivity index (χ1) is 10.8. The van der Waals surface area contributed by atoms with E-state index in [4.69, 9.17) is 16.3 Å². The first-order valence-electron chi connectivity index (χ1n) is 6.62. The lowest BCUT2D eigenvalue weighted by atomic mass is 10.2. The average Bonchev–Trinajstić information content (AvgIpc) is 2.47. The highest BCUT2D eigenvalue weighted by Gasteiger charge is 2.30. The second kappa shape index (κ2) is 6.91. The molecule has 0 aliphatic carbocycles. The first-order valence-corrected chi connectivity index (χ1v) is 7.00. The second-order valence-electron chi connectivity index (χ2n) is 4.79. The van der Waals surface area contributed by atoms with Crippen molar-refractivity contribution < 1.29 is 22.7 Å². The van der Waals surface area contributed by atoms with Gasteiger partial charge in [-0.3, -0.25) is 4.79 Å². The summed E-state index contributed by atoms with van der Waals surface area (Å²) in [6.45, 7) is 1.56. The Hall–Kier alpha value is -2.21. The van der Waals surface area contributed by atoms with E-state index in [1.807, 2.05) is 19.1 Å². The van der Waals surface area contributed by atoms with Gasteiger partial charge in [0.25, 0.3) is 5.91 Å². The number of hydrogen-bond donors (Lipinski definition) is 1. The fourth-order valence-corrected chi connectivity index (χ4v) is 2.07. The average molecular weight is 344 g/mol. The Morgan fingerprint density at radius 3 is 2.52 bits per heavy atom. The van der Waals surface area contributed by atoms with Crippen LogP contribution in [0.5, 0.6) is 5.75 Å². The van der Waals surface area contributed by atoms with E-state index < -0.39 is 17.6 Å². The highest BCUT2D eigenvalue weighted by atomic mass is 35.5. The first kappa shape index (κ1) is 17.1. The summed E-state index contributed by atoms with van der Waals surface area (Å²) in [7, 11) is 0. The Labute approximate surface area is 136 Å². The predicted molar refractivity (Wildman–Crippen MR) is 81.8 cm³/mol. The van der Waals surface area contributed by atoms with Gasteiger partial charge in [0.05, 0.1) is 16.3 Å². The fourth-order valence-electron chi connectivity index (χ4n) is 1.84. The van der Waals surface area contributed by atoms with Crippen molar-refractivity contribution in [2.24, 2.45) is 0 Å². The number of ether oxygens (including phenoxy) is 1. The summed E-state index contributed by atoms with van der Waals surface area (Å²) in [5.41, 5.74) is 0.0857. The molecule has 0 radical (unpaired) electrons. The molecule has 3 nitrogen and oxygen atoms in total. The SMILES string of the molecule is Cc1ccccc1OCC(=O)Nc1ccc(C(F)(F)F)cc1Cl. The van der Waals surface area contributed by atoms with Crippen LogP contribution >= 0.6 is 11.6 Å². The van der Waals surface area contributed by atoms with Gasteiger partial charge in [-0.15, -0.1) is 0 Å². The summed E-state index contributed by atoms with van der Waals surface area (Å²) in [6, 6.07) is 9.88. The van der Waals surface area contributed by atoms with Crippen LogP contribution in [0.3, 0.4) is 0 Å². The minimum atomic E-state index is -4.49. The summed E-state index contributed by atoms with van der Waals surface area (Å²) in [4.78, 5) is 11.8. The van der Waals surface area contributed by atoms with E-state index in [-0.39, 0.29) is 17.3 Å². The summed E-state index contributed by atoms with van der Waals surface area (Å²) in [5.74, 6) is 0.0380. The maximum Gasteiger partial charge on any atom is 0.416 e. The number of anilines is 1. The van der Waals surface area contributed by atoms with Crippen LogP contribution in [0.2, 0.25) is 5.02 Å². The minimum Gasteiger partial charge on any atom is -0.483 e. The number of carbonyl (C=O) groups is 1. The molecule has 23 heavy (non-hydrogen) atoms. The van der Waals surface area contributed by atoms with Gasteiger partial charge in [-0.2, -0.15) is 13.2 Å². The number of rotatable bonds is 4. The van der Waals surface area contributed by atoms with E-state index in [1.54, 1.807) is 12.1 Å². The van der Waals surface area contributed by atoms with Gasteiger partial charge in [-0.1, -0.05) is 29.8 Å². The molecule has 7 heteroatoms. The topological polar surface area (TPSA) is 38.3 Å². The molecule has 2 aromatic carbocycles. The van der Waals surface area contributed by atoms with Crippen LogP contribution in [-0.4, -0.2) is 12.5 Å². The zero-order chi connectivity index (χ0) is 17.0. The van der Waals surface area contributed by atoms with Gasteiger partial charge >= 0.3 is 6.18 Å². The van der Waals surface area contributed by atoms with Crippen molar-refractivity contribution >= 4 is 23.2 Å². The molecule has 0 fully saturated rings. The lowest BCUT2D eigenvalue weighted by Crippen LogP contribution is -2.20. The van der Waals surface area contributed by atoms with Gasteiger partial charge in [0.15, 0.2) is 6.61 Å². The van der Waals surface area contributed by atoms with Crippen LogP contribution in [0, 0.1) is 6.92 Å². The smallest absolute Gasteiger partial charge is 0.416 e. The molecule has 0 saturated carbocycles. The van der Waals surface area contributed by atoms with Gasteiger partial charge in [-0.25, -0.2) is 0 Å². The van der Waals surface area contributed by atoms with Crippen molar-refractivity contribution in [3.8, 4) is 5.75 Å². The third-order valence-corrected chi connectivity index (χ3v) is 3.34. The van der Waals surface area contributed by atoms with Crippen LogP contribution in [0.25, 0.3) is 0 Å². The van der Waals surface area contributed by atoms with Gasteiger partial charge in [0.1, 0.15) is 5.75 Å². The molecule has 0 atom stereocenters. The molecule has 2 aromatic rings. The maximum atomic E-state index is 12.5. The minimum absolute atomic E-state index is 0.0954. The van der Waals surface area contributed by atoms with E-state index in [0.717, 1.165) is 23.8 Å². The Morgan fingerprint density at radius 2 is 1.91 bits per heavy atom. The third-order valence-electron chi connectivity index (χ3n) is 3.02. The highest BCUT2D eigenvalue weighted by molar-refractivity contribution is 6.33. The fraction of sp³-hybridized carbons (Fsp3) is 0.188. The maximum absolute atomic E-state index is 12.5. The lowest BCUT2D eigenvalue weighted by Gasteiger charge is -2.12. The summed E-state index contributed by atoms with van der Waals surface area (Å²) >= 11 is 5.77. The van der Waals surface area contributed by atoms with Gasteiger partial charge in [-0.05, 0) is 36.8 Å². The molecule has 2 rings (SSSR count). The number of aryl methyl sites for hydroxylation is 1. The van der Waals surface area contributed by atoms with Crippen LogP contribution < -0.4 is 10.1 Å². The predicted octanol–water partition coefficient (Wildman–Crippen LogP) is 4.68. The van der Waals surface area contributed by atoms with Crippen molar-refractivity contribution in [2.75, 3.05) is 11.9 Å². The lowest BCUT2D eigenvalue weighted by molar-refractivity contribution is -0.137. The van der Waals surface area contributed by atoms with E-state index in [0.29, 0.717) is 5.75 Å². The molecule has 0 unspecified atom stereocenters. The third kappa shape index (κ3) is 4.63. The molecule has 122 valence electrons. The molecule has 0 heterocycles. The summed E-state index contributed by atoms with van der Waals surface area (Å²) in [6.07, 6.45) is -4.49. The van der Waals surface area contributed by atoms with E-state index in [9.17, 15) is 18.0 Å². The number of carbonyl (C=O) groups excluding carboxylic acids is 1. The molecule has 0 bridgehead atoms. The summed E-state index contributed by atoms with van der Waals surface area (Å²) in [5, 5.41) is 2.22. The van der Waals surface area contributed by atoms with E-state index in [1.165, 1.54) is 0 Å². The van der Waals surface area contributed by atoms with Gasteiger partial charge < -0.3 is 10.1 Å². The van der Waals surface area contributed by atoms with Crippen LogP contribution in [-0.2, 0) is 11.0 Å². The molecular weight excluding hydrogens is 331 g/mol. The Morgan fingerprint density at radius 1 is 1.22 bits per heavy atom. The van der Waals surface area contributed by atoms with Crippen molar-refractivity contribution in [3.05, 3.63) is 58.6 Å². The van der Waals surface area contributed by atoms with Crippen molar-refractivity contribution in [2.45, 2.75) is 13.1 Å². The quantitative estimate of drug-likeness (QED) is 0.875. The standard InChI is InChI=1S/C16H13ClF3NO2/c1-10-4-2-3-5-14(10)23-9-15(22)21-13-7-6-11(8-12(13)17)16(18,19)20/h2-8H,9H2,1H3,(H,21,22). The number of halogens is 4. The number of hydrogen-bond acceptors (Lipinski definition) is 2. The molecule has 0 saturated heterocycles. The van der Waals surface area contributed by atoms with Crippen molar-refractivity contribution in [1.29, 1.82) is 0 Å². The van der Waals surface area contributed by atoms with Gasteiger partial charge in [0.2, 0.25) is 0 Å². The number of amides is 1. The largest absolute Gasteiger partial charge is 0.483 e. The Kier molecular flexibility index (Phi) is 5.15. The highest BCUT2D eigenvalue weighted by Crippen LogP contribution is 2.33. The zero-order valence-corrected chi connectivity index (χ0v) is 12.8. The van der Waals surface area contributed by atoms with Crippen molar-refractivity contribution in [1.82, 2.24) is 0 Å². The van der Waals surface area contributed by atoms with E-state index >= 15 is 0 Å². The summed E-state index contributed by atoms with van der Waals surface area (Å²) < 4.78 is 43.0. The Bertz CT molecular complexity index is 717. The number of alkyl halides is 3. The number of para-hydroxylation sites is 1. The monoisotopic (exact) mass is 343 g/mol. The molecule has 0 aliphatic heterocycles. The van der Waals surface area contributed by atoms with Crippen LogP contribution in [0.4, 0.5) is 18.9 Å². The van der Waals surface area contributed by atoms with Crippen LogP contribution in [0.15, 0.2) is 42.5 Å². The normalized spacial score (nSPS) is 11.2. The Balaban J connectivity index is 1.99. The molecular formula is C16H13ClF3NO2. The van der Waals surface area contributed by atoms with Crippen LogP contribution in [0.1, 0.15) is 11.1 Å².